The highest BCUT2D eigenvalue weighted by molar-refractivity contribution is 9.10. The van der Waals surface area contributed by atoms with E-state index in [4.69, 9.17) is 10.5 Å². The summed E-state index contributed by atoms with van der Waals surface area (Å²) in [5.74, 6) is 1.53. The number of anilines is 3. The Morgan fingerprint density at radius 3 is 2.78 bits per heavy atom. The van der Waals surface area contributed by atoms with Crippen LogP contribution in [0.4, 0.5) is 17.2 Å². The number of nitrogens with one attached hydrogen (secondary N) is 1. The fraction of sp³-hybridized carbons (Fsp3) is 0.154. The molecule has 18 heavy (non-hydrogen) atoms. The number of pyridine rings is 1. The molecule has 0 aliphatic carbocycles. The molecule has 0 saturated carbocycles. The van der Waals surface area contributed by atoms with Crippen molar-refractivity contribution in [1.29, 1.82) is 0 Å². The van der Waals surface area contributed by atoms with Gasteiger partial charge in [-0.25, -0.2) is 4.98 Å². The first-order valence-electron chi connectivity index (χ1n) is 5.43. The highest BCUT2D eigenvalue weighted by Gasteiger charge is 2.04. The third kappa shape index (κ3) is 2.73. The van der Waals surface area contributed by atoms with E-state index in [-0.39, 0.29) is 0 Å². The third-order valence-electron chi connectivity index (χ3n) is 2.59. The molecule has 3 N–H and O–H groups in total. The average Bonchev–Trinajstić information content (AvgIpc) is 2.36. The summed E-state index contributed by atoms with van der Waals surface area (Å²) in [4.78, 5) is 4.23. The van der Waals surface area contributed by atoms with Crippen molar-refractivity contribution < 1.29 is 4.74 Å². The lowest BCUT2D eigenvalue weighted by Gasteiger charge is -2.10. The predicted molar refractivity (Wildman–Crippen MR) is 77.4 cm³/mol. The summed E-state index contributed by atoms with van der Waals surface area (Å²) >= 11 is 3.48. The van der Waals surface area contributed by atoms with Crippen LogP contribution in [0.5, 0.6) is 5.75 Å². The number of halogens is 1. The van der Waals surface area contributed by atoms with Crippen LogP contribution in [0.3, 0.4) is 0 Å². The quantitative estimate of drug-likeness (QED) is 0.911. The van der Waals surface area contributed by atoms with E-state index in [0.29, 0.717) is 5.69 Å². The van der Waals surface area contributed by atoms with Crippen LogP contribution in [0.1, 0.15) is 5.56 Å². The molecule has 1 aromatic heterocycles. The molecule has 1 aromatic carbocycles. The number of nitrogens with zero attached hydrogens (tertiary/aromatic N) is 1. The number of ether oxygens (including phenoxy) is 1. The molecule has 0 atom stereocenters. The Hall–Kier alpha value is -1.75. The van der Waals surface area contributed by atoms with E-state index >= 15 is 0 Å². The molecule has 0 unspecified atom stereocenters. The summed E-state index contributed by atoms with van der Waals surface area (Å²) in [5.41, 5.74) is 8.31. The van der Waals surface area contributed by atoms with Gasteiger partial charge in [-0.05, 0) is 46.6 Å². The predicted octanol–water partition coefficient (Wildman–Crippen LogP) is 3.49. The number of rotatable bonds is 3. The number of nitrogens with two attached hydrogens (primary N) is 1. The summed E-state index contributed by atoms with van der Waals surface area (Å²) in [5, 5.41) is 3.22. The molecule has 0 spiro atoms. The van der Waals surface area contributed by atoms with E-state index in [1.54, 1.807) is 13.3 Å². The molecular formula is C13H14BrN3O. The van der Waals surface area contributed by atoms with Crippen LogP contribution in [0, 0.1) is 6.92 Å². The van der Waals surface area contributed by atoms with Gasteiger partial charge in [-0.3, -0.25) is 0 Å². The molecule has 2 aromatic rings. The van der Waals surface area contributed by atoms with Crippen molar-refractivity contribution in [1.82, 2.24) is 4.98 Å². The number of nitrogen functional groups attached to an aromatic ring is 1. The molecule has 2 rings (SSSR count). The van der Waals surface area contributed by atoms with E-state index in [0.717, 1.165) is 27.3 Å². The minimum Gasteiger partial charge on any atom is -0.497 e. The number of aromatic nitrogens is 1. The van der Waals surface area contributed by atoms with Gasteiger partial charge < -0.3 is 15.8 Å². The topological polar surface area (TPSA) is 60.2 Å². The first-order valence-corrected chi connectivity index (χ1v) is 6.22. The van der Waals surface area contributed by atoms with Crippen molar-refractivity contribution in [2.75, 3.05) is 18.2 Å². The summed E-state index contributed by atoms with van der Waals surface area (Å²) in [6.45, 7) is 1.95. The molecule has 0 fully saturated rings. The van der Waals surface area contributed by atoms with E-state index < -0.39 is 0 Å². The number of benzene rings is 1. The largest absolute Gasteiger partial charge is 0.497 e. The summed E-state index contributed by atoms with van der Waals surface area (Å²) < 4.78 is 6.13. The van der Waals surface area contributed by atoms with Crippen LogP contribution >= 0.6 is 15.9 Å². The second kappa shape index (κ2) is 5.27. The summed E-state index contributed by atoms with van der Waals surface area (Å²) in [7, 11) is 1.64. The van der Waals surface area contributed by atoms with Crippen LogP contribution in [0.2, 0.25) is 0 Å². The zero-order valence-corrected chi connectivity index (χ0v) is 11.8. The Morgan fingerprint density at radius 2 is 2.11 bits per heavy atom. The van der Waals surface area contributed by atoms with Crippen molar-refractivity contribution in [2.24, 2.45) is 0 Å². The van der Waals surface area contributed by atoms with Crippen LogP contribution in [0.15, 0.2) is 34.9 Å². The van der Waals surface area contributed by atoms with Crippen molar-refractivity contribution >= 4 is 33.1 Å². The fourth-order valence-electron chi connectivity index (χ4n) is 1.50. The summed E-state index contributed by atoms with van der Waals surface area (Å²) in [6.07, 6.45) is 1.64. The highest BCUT2D eigenvalue weighted by Crippen LogP contribution is 2.29. The molecule has 0 saturated heterocycles. The summed E-state index contributed by atoms with van der Waals surface area (Å²) in [6, 6.07) is 7.61. The molecule has 0 radical (unpaired) electrons. The number of hydrogen-bond acceptors (Lipinski definition) is 4. The molecule has 0 amide bonds. The lowest BCUT2D eigenvalue weighted by Crippen LogP contribution is -1.98. The smallest absolute Gasteiger partial charge is 0.130 e. The van der Waals surface area contributed by atoms with Gasteiger partial charge in [0.2, 0.25) is 0 Å². The van der Waals surface area contributed by atoms with Gasteiger partial charge in [0.05, 0.1) is 24.7 Å². The minimum absolute atomic E-state index is 0.685. The van der Waals surface area contributed by atoms with Crippen molar-refractivity contribution in [3.8, 4) is 5.75 Å². The van der Waals surface area contributed by atoms with Crippen LogP contribution < -0.4 is 15.8 Å². The number of methoxy groups -OCH3 is 1. The molecule has 0 bridgehead atoms. The number of aryl methyl sites for hydroxylation is 1. The maximum absolute atomic E-state index is 5.74. The van der Waals surface area contributed by atoms with Crippen molar-refractivity contribution in [2.45, 2.75) is 6.92 Å². The van der Waals surface area contributed by atoms with Crippen molar-refractivity contribution in [3.63, 3.8) is 0 Å². The Balaban J connectivity index is 2.30. The molecule has 0 aliphatic rings. The van der Waals surface area contributed by atoms with Gasteiger partial charge in [0.1, 0.15) is 11.6 Å². The highest BCUT2D eigenvalue weighted by atomic mass is 79.9. The Morgan fingerprint density at radius 1 is 1.33 bits per heavy atom. The van der Waals surface area contributed by atoms with Gasteiger partial charge >= 0.3 is 0 Å². The Kier molecular flexibility index (Phi) is 3.72. The Labute approximate surface area is 114 Å². The van der Waals surface area contributed by atoms with Gasteiger partial charge in [-0.2, -0.15) is 0 Å². The molecule has 1 heterocycles. The van der Waals surface area contributed by atoms with Crippen LogP contribution in [-0.4, -0.2) is 12.1 Å². The van der Waals surface area contributed by atoms with Crippen LogP contribution in [0.25, 0.3) is 0 Å². The van der Waals surface area contributed by atoms with Gasteiger partial charge in [0.15, 0.2) is 0 Å². The first kappa shape index (κ1) is 12.7. The fourth-order valence-corrected chi connectivity index (χ4v) is 1.85. The molecule has 94 valence electrons. The SMILES string of the molecule is COc1ccc(Br)c(Nc2cc(C)c(N)cn2)c1. The van der Waals surface area contributed by atoms with Gasteiger partial charge in [0.25, 0.3) is 0 Å². The van der Waals surface area contributed by atoms with Gasteiger partial charge in [-0.15, -0.1) is 0 Å². The van der Waals surface area contributed by atoms with Gasteiger partial charge in [0, 0.05) is 10.5 Å². The lowest BCUT2D eigenvalue weighted by atomic mass is 10.2. The maximum atomic E-state index is 5.74. The monoisotopic (exact) mass is 307 g/mol. The maximum Gasteiger partial charge on any atom is 0.130 e. The van der Waals surface area contributed by atoms with Crippen LogP contribution in [-0.2, 0) is 0 Å². The second-order valence-corrected chi connectivity index (χ2v) is 4.75. The first-order chi connectivity index (χ1) is 8.60. The minimum atomic E-state index is 0.685. The lowest BCUT2D eigenvalue weighted by molar-refractivity contribution is 0.415. The zero-order valence-electron chi connectivity index (χ0n) is 10.2. The van der Waals surface area contributed by atoms with Crippen molar-refractivity contribution in [3.05, 3.63) is 40.5 Å². The second-order valence-electron chi connectivity index (χ2n) is 3.90. The van der Waals surface area contributed by atoms with E-state index in [9.17, 15) is 0 Å². The molecular weight excluding hydrogens is 294 g/mol. The standard InChI is InChI=1S/C13H14BrN3O/c1-8-5-13(16-7-11(8)15)17-12-6-9(18-2)3-4-10(12)14/h3-7H,15H2,1-2H3,(H,16,17). The zero-order chi connectivity index (χ0) is 13.1. The molecule has 5 heteroatoms. The number of hydrogen-bond donors (Lipinski definition) is 2. The third-order valence-corrected chi connectivity index (χ3v) is 3.28. The van der Waals surface area contributed by atoms with E-state index in [2.05, 4.69) is 26.2 Å². The van der Waals surface area contributed by atoms with Gasteiger partial charge in [-0.1, -0.05) is 0 Å². The molecule has 4 nitrogen and oxygen atoms in total. The molecule has 0 aliphatic heterocycles. The van der Waals surface area contributed by atoms with E-state index in [1.807, 2.05) is 31.2 Å². The average molecular weight is 308 g/mol. The van der Waals surface area contributed by atoms with E-state index in [1.165, 1.54) is 0 Å². The normalized spacial score (nSPS) is 10.2. The Bertz CT molecular complexity index is 572.